The van der Waals surface area contributed by atoms with E-state index in [-0.39, 0.29) is 17.7 Å². The second-order valence-corrected chi connectivity index (χ2v) is 6.82. The van der Waals surface area contributed by atoms with E-state index in [9.17, 15) is 9.59 Å². The second kappa shape index (κ2) is 8.62. The summed E-state index contributed by atoms with van der Waals surface area (Å²) < 4.78 is 0. The summed E-state index contributed by atoms with van der Waals surface area (Å²) in [7, 11) is 1.56. The summed E-state index contributed by atoms with van der Waals surface area (Å²) in [5.41, 5.74) is 2.62. The Morgan fingerprint density at radius 1 is 1.07 bits per heavy atom. The molecule has 1 fully saturated rings. The number of nitrogens with one attached hydrogen (secondary N) is 2. The molecule has 0 atom stereocenters. The van der Waals surface area contributed by atoms with E-state index in [1.54, 1.807) is 19.2 Å². The van der Waals surface area contributed by atoms with Crippen LogP contribution in [0.2, 0.25) is 0 Å². The molecule has 7 nitrogen and oxygen atoms in total. The zero-order valence-electron chi connectivity index (χ0n) is 15.7. The fourth-order valence-electron chi connectivity index (χ4n) is 3.15. The lowest BCUT2D eigenvalue weighted by atomic mass is 9.96. The summed E-state index contributed by atoms with van der Waals surface area (Å²) in [6.07, 6.45) is 1.55. The van der Waals surface area contributed by atoms with E-state index in [0.717, 1.165) is 37.3 Å². The number of amides is 2. The van der Waals surface area contributed by atoms with Gasteiger partial charge in [-0.25, -0.2) is 0 Å². The molecule has 2 amide bonds. The molecule has 142 valence electrons. The number of aromatic nitrogens is 2. The van der Waals surface area contributed by atoms with Gasteiger partial charge in [-0.3, -0.25) is 9.59 Å². The van der Waals surface area contributed by atoms with Crippen molar-refractivity contribution in [3.63, 3.8) is 0 Å². The van der Waals surface area contributed by atoms with Gasteiger partial charge in [0.05, 0.1) is 0 Å². The quantitative estimate of drug-likeness (QED) is 0.840. The molecule has 0 spiro atoms. The highest BCUT2D eigenvalue weighted by molar-refractivity contribution is 5.91. The first kappa shape index (κ1) is 18.8. The number of carbonyl (C=O) groups is 2. The highest BCUT2D eigenvalue weighted by Gasteiger charge is 2.25. The van der Waals surface area contributed by atoms with Crippen LogP contribution in [0.5, 0.6) is 0 Å². The van der Waals surface area contributed by atoms with Gasteiger partial charge in [0.1, 0.15) is 0 Å². The minimum atomic E-state index is -0.252. The van der Waals surface area contributed by atoms with Crippen molar-refractivity contribution >= 4 is 17.6 Å². The molecule has 7 heteroatoms. The van der Waals surface area contributed by atoms with Gasteiger partial charge < -0.3 is 15.5 Å². The molecule has 0 radical (unpaired) electrons. The topological polar surface area (TPSA) is 87.2 Å². The van der Waals surface area contributed by atoms with Gasteiger partial charge in [-0.05, 0) is 37.5 Å². The Balaban J connectivity index is 1.48. The van der Waals surface area contributed by atoms with Crippen LogP contribution >= 0.6 is 0 Å². The van der Waals surface area contributed by atoms with E-state index in [4.69, 9.17) is 0 Å². The first-order valence-corrected chi connectivity index (χ1v) is 9.21. The lowest BCUT2D eigenvalue weighted by Gasteiger charge is -2.31. The Kier molecular flexibility index (Phi) is 6.01. The van der Waals surface area contributed by atoms with E-state index in [2.05, 4.69) is 37.9 Å². The molecular weight excluding hydrogens is 342 g/mol. The minimum absolute atomic E-state index is 0.0183. The van der Waals surface area contributed by atoms with Crippen molar-refractivity contribution in [2.24, 2.45) is 5.92 Å². The zero-order chi connectivity index (χ0) is 19.2. The van der Waals surface area contributed by atoms with Crippen LogP contribution in [0.15, 0.2) is 36.4 Å². The van der Waals surface area contributed by atoms with E-state index >= 15 is 0 Å². The van der Waals surface area contributed by atoms with Gasteiger partial charge >= 0.3 is 0 Å². The molecule has 1 aromatic heterocycles. The molecule has 27 heavy (non-hydrogen) atoms. The second-order valence-electron chi connectivity index (χ2n) is 6.82. The van der Waals surface area contributed by atoms with E-state index in [0.29, 0.717) is 12.2 Å². The third-order valence-corrected chi connectivity index (χ3v) is 4.89. The van der Waals surface area contributed by atoms with E-state index in [1.165, 1.54) is 5.56 Å². The van der Waals surface area contributed by atoms with Crippen LogP contribution in [-0.4, -0.2) is 42.1 Å². The number of hydrogen-bond donors (Lipinski definition) is 2. The minimum Gasteiger partial charge on any atom is -0.355 e. The molecule has 1 saturated heterocycles. The summed E-state index contributed by atoms with van der Waals surface area (Å²) in [6.45, 7) is 4.10. The van der Waals surface area contributed by atoms with Gasteiger partial charge in [0.25, 0.3) is 5.91 Å². The summed E-state index contributed by atoms with van der Waals surface area (Å²) in [5.74, 6) is 0.611. The van der Waals surface area contributed by atoms with Crippen LogP contribution in [-0.2, 0) is 11.3 Å². The van der Waals surface area contributed by atoms with Crippen LogP contribution in [0.25, 0.3) is 0 Å². The number of anilines is 1. The maximum absolute atomic E-state index is 12.4. The maximum atomic E-state index is 12.4. The normalized spacial score (nSPS) is 14.7. The zero-order valence-corrected chi connectivity index (χ0v) is 15.7. The first-order valence-electron chi connectivity index (χ1n) is 9.21. The molecule has 0 unspecified atom stereocenters. The average molecular weight is 367 g/mol. The Hall–Kier alpha value is -2.96. The first-order chi connectivity index (χ1) is 13.1. The molecule has 1 aromatic carbocycles. The summed E-state index contributed by atoms with van der Waals surface area (Å²) in [6, 6.07) is 11.7. The van der Waals surface area contributed by atoms with Gasteiger partial charge in [0.2, 0.25) is 5.91 Å². The standard InChI is InChI=1S/C20H25N5O2/c1-14-3-5-15(6-4-14)13-22-19(26)16-9-11-25(12-10-16)18-8-7-17(23-24-18)20(27)21-2/h3-8,16H,9-13H2,1-2H3,(H,21,27)(H,22,26). The Morgan fingerprint density at radius 2 is 1.78 bits per heavy atom. The Labute approximate surface area is 159 Å². The van der Waals surface area contributed by atoms with Crippen molar-refractivity contribution in [3.8, 4) is 0 Å². The molecule has 0 aliphatic carbocycles. The molecule has 1 aliphatic rings. The molecule has 2 aromatic rings. The number of hydrogen-bond acceptors (Lipinski definition) is 5. The van der Waals surface area contributed by atoms with Crippen molar-refractivity contribution in [3.05, 3.63) is 53.2 Å². The molecule has 0 saturated carbocycles. The number of benzene rings is 1. The largest absolute Gasteiger partial charge is 0.355 e. The number of rotatable bonds is 5. The molecule has 2 heterocycles. The molecular formula is C20H25N5O2. The van der Waals surface area contributed by atoms with Crippen molar-refractivity contribution < 1.29 is 9.59 Å². The fourth-order valence-corrected chi connectivity index (χ4v) is 3.15. The summed E-state index contributed by atoms with van der Waals surface area (Å²) >= 11 is 0. The van der Waals surface area contributed by atoms with E-state index in [1.807, 2.05) is 19.1 Å². The highest BCUT2D eigenvalue weighted by atomic mass is 16.2. The molecule has 3 rings (SSSR count). The van der Waals surface area contributed by atoms with Crippen molar-refractivity contribution in [1.29, 1.82) is 0 Å². The summed E-state index contributed by atoms with van der Waals surface area (Å²) in [5, 5.41) is 13.7. The average Bonchev–Trinajstić information content (AvgIpc) is 2.73. The van der Waals surface area contributed by atoms with Crippen molar-refractivity contribution in [1.82, 2.24) is 20.8 Å². The fraction of sp³-hybridized carbons (Fsp3) is 0.400. The van der Waals surface area contributed by atoms with Crippen LogP contribution in [0.1, 0.15) is 34.5 Å². The molecule has 2 N–H and O–H groups in total. The number of carbonyl (C=O) groups excluding carboxylic acids is 2. The van der Waals surface area contributed by atoms with Gasteiger partial charge in [0.15, 0.2) is 11.5 Å². The SMILES string of the molecule is CNC(=O)c1ccc(N2CCC(C(=O)NCc3ccc(C)cc3)CC2)nn1. The van der Waals surface area contributed by atoms with Gasteiger partial charge in [-0.1, -0.05) is 29.8 Å². The molecule has 0 bridgehead atoms. The lowest BCUT2D eigenvalue weighted by molar-refractivity contribution is -0.125. The predicted molar refractivity (Wildman–Crippen MR) is 103 cm³/mol. The van der Waals surface area contributed by atoms with Crippen molar-refractivity contribution in [2.75, 3.05) is 25.0 Å². The van der Waals surface area contributed by atoms with Crippen LogP contribution in [0, 0.1) is 12.8 Å². The number of piperidine rings is 1. The van der Waals surface area contributed by atoms with Crippen LogP contribution in [0.3, 0.4) is 0 Å². The maximum Gasteiger partial charge on any atom is 0.271 e. The smallest absolute Gasteiger partial charge is 0.271 e. The van der Waals surface area contributed by atoms with Crippen LogP contribution < -0.4 is 15.5 Å². The summed E-state index contributed by atoms with van der Waals surface area (Å²) in [4.78, 5) is 26.1. The predicted octanol–water partition coefficient (Wildman–Crippen LogP) is 1.68. The third kappa shape index (κ3) is 4.81. The van der Waals surface area contributed by atoms with Gasteiger partial charge in [-0.2, -0.15) is 0 Å². The Morgan fingerprint density at radius 3 is 2.37 bits per heavy atom. The molecule has 1 aliphatic heterocycles. The lowest BCUT2D eigenvalue weighted by Crippen LogP contribution is -2.40. The van der Waals surface area contributed by atoms with Crippen LogP contribution in [0.4, 0.5) is 5.82 Å². The van der Waals surface area contributed by atoms with E-state index < -0.39 is 0 Å². The monoisotopic (exact) mass is 367 g/mol. The van der Waals surface area contributed by atoms with Crippen molar-refractivity contribution in [2.45, 2.75) is 26.3 Å². The van der Waals surface area contributed by atoms with Gasteiger partial charge in [-0.15, -0.1) is 10.2 Å². The Bertz CT molecular complexity index is 781. The highest BCUT2D eigenvalue weighted by Crippen LogP contribution is 2.21. The number of aryl methyl sites for hydroxylation is 1. The number of nitrogens with zero attached hydrogens (tertiary/aromatic N) is 3. The van der Waals surface area contributed by atoms with Gasteiger partial charge in [0, 0.05) is 32.6 Å². The third-order valence-electron chi connectivity index (χ3n) is 4.89.